The van der Waals surface area contributed by atoms with Crippen molar-refractivity contribution in [2.75, 3.05) is 0 Å². The topological polar surface area (TPSA) is 65.0 Å². The van der Waals surface area contributed by atoms with Gasteiger partial charge in [-0.1, -0.05) is 145 Å². The third kappa shape index (κ3) is 4.78. The van der Waals surface area contributed by atoms with Gasteiger partial charge in [-0.25, -0.2) is 15.0 Å². The zero-order valence-corrected chi connectivity index (χ0v) is 32.9. The highest BCUT2D eigenvalue weighted by molar-refractivity contribution is 6.07. The van der Waals surface area contributed by atoms with E-state index in [0.29, 0.717) is 17.5 Å². The van der Waals surface area contributed by atoms with Crippen molar-refractivity contribution >= 4 is 54.6 Å². The van der Waals surface area contributed by atoms with Gasteiger partial charge in [0.1, 0.15) is 22.3 Å². The molecule has 5 nitrogen and oxygen atoms in total. The van der Waals surface area contributed by atoms with Crippen LogP contribution in [0.3, 0.4) is 0 Å². The van der Waals surface area contributed by atoms with Crippen molar-refractivity contribution in [1.29, 1.82) is 0 Å². The Balaban J connectivity index is 1.08. The van der Waals surface area contributed by atoms with Gasteiger partial charge < -0.3 is 8.83 Å². The number of fused-ring (bicyclic) bond motifs is 8. The number of hydrogen-bond acceptors (Lipinski definition) is 5. The molecule has 7 aromatic carbocycles. The Labute approximate surface area is 331 Å². The lowest BCUT2D eigenvalue weighted by Gasteiger charge is -2.44. The van der Waals surface area contributed by atoms with Crippen LogP contribution in [-0.4, -0.2) is 15.0 Å². The highest BCUT2D eigenvalue weighted by atomic mass is 16.3. The summed E-state index contributed by atoms with van der Waals surface area (Å²) in [6.45, 7) is 14.5. The summed E-state index contributed by atoms with van der Waals surface area (Å²) < 4.78 is 12.6. The molecule has 1 aliphatic carbocycles. The Kier molecular flexibility index (Phi) is 6.93. The fourth-order valence-corrected chi connectivity index (χ4v) is 9.50. The molecule has 0 saturated heterocycles. The van der Waals surface area contributed by atoms with E-state index < -0.39 is 0 Å². The quantitative estimate of drug-likeness (QED) is 0.180. The van der Waals surface area contributed by atoms with E-state index in [-0.39, 0.29) is 16.2 Å². The van der Waals surface area contributed by atoms with Crippen LogP contribution in [0.25, 0.3) is 99.9 Å². The summed E-state index contributed by atoms with van der Waals surface area (Å²) in [4.78, 5) is 15.4. The molecular weight excluding hydrogens is 699 g/mol. The summed E-state index contributed by atoms with van der Waals surface area (Å²) in [6.07, 6.45) is 0. The molecule has 0 saturated carbocycles. The molecule has 0 fully saturated rings. The van der Waals surface area contributed by atoms with Gasteiger partial charge in [-0.05, 0) is 85.7 Å². The van der Waals surface area contributed by atoms with E-state index in [0.717, 1.165) is 60.6 Å². The van der Waals surface area contributed by atoms with Crippen molar-refractivity contribution in [3.63, 3.8) is 0 Å². The maximum absolute atomic E-state index is 6.30. The van der Waals surface area contributed by atoms with E-state index in [2.05, 4.69) is 133 Å². The molecule has 0 aliphatic heterocycles. The largest absolute Gasteiger partial charge is 0.456 e. The molecule has 3 aromatic heterocycles. The highest BCUT2D eigenvalue weighted by Gasteiger charge is 2.57. The molecule has 0 unspecified atom stereocenters. The molecule has 0 spiro atoms. The zero-order chi connectivity index (χ0) is 38.8. The number of benzene rings is 7. The number of rotatable bonds is 4. The molecule has 57 heavy (non-hydrogen) atoms. The van der Waals surface area contributed by atoms with Crippen LogP contribution in [-0.2, 0) is 10.8 Å². The highest BCUT2D eigenvalue weighted by Crippen LogP contribution is 2.64. The third-order valence-electron chi connectivity index (χ3n) is 13.8. The normalized spacial score (nSPS) is 15.6. The number of nitrogens with zero attached hydrogens (tertiary/aromatic N) is 3. The molecule has 0 bridgehead atoms. The Morgan fingerprint density at radius 1 is 0.386 bits per heavy atom. The SMILES string of the molecule is CC1(C)c2cc3ccccc3c(-c3ccc(-c4nc(-c5ccc6c(c5)oc5ccccc56)nc(-c5ccc6c(c5)oc5ccccc56)n4)cc3)c2C(C)(C)C1(C)C. The van der Waals surface area contributed by atoms with Gasteiger partial charge in [0.2, 0.25) is 0 Å². The minimum atomic E-state index is -0.0657. The van der Waals surface area contributed by atoms with Crippen molar-refractivity contribution in [2.45, 2.75) is 52.4 Å². The fraction of sp³-hybridized carbons (Fsp3) is 0.173. The van der Waals surface area contributed by atoms with Gasteiger partial charge in [-0.3, -0.25) is 0 Å². The van der Waals surface area contributed by atoms with Crippen LogP contribution in [0.2, 0.25) is 0 Å². The second kappa shape index (κ2) is 11.7. The monoisotopic (exact) mass is 739 g/mol. The predicted octanol–water partition coefficient (Wildman–Crippen LogP) is 14.1. The predicted molar refractivity (Wildman–Crippen MR) is 233 cm³/mol. The molecule has 10 aromatic rings. The standard InChI is InChI=1S/C52H41N3O2/c1-50(2)40-27-32-13-7-8-14-35(32)45(46(40)51(3,4)52(50,5)6)30-19-21-31(22-20-30)47-53-48(33-23-25-38-36-15-9-11-17-41(36)56-43(38)28-33)55-49(54-47)34-24-26-39-37-16-10-12-18-42(37)57-44(39)29-34/h7-29H,1-6H3. The molecule has 276 valence electrons. The molecular formula is C52H41N3O2. The van der Waals surface area contributed by atoms with Gasteiger partial charge in [0.25, 0.3) is 0 Å². The average molecular weight is 740 g/mol. The van der Waals surface area contributed by atoms with Crippen LogP contribution < -0.4 is 0 Å². The fourth-order valence-electron chi connectivity index (χ4n) is 9.50. The van der Waals surface area contributed by atoms with Crippen LogP contribution >= 0.6 is 0 Å². The molecule has 3 heterocycles. The van der Waals surface area contributed by atoms with E-state index in [4.69, 9.17) is 23.8 Å². The van der Waals surface area contributed by atoms with Gasteiger partial charge in [0.05, 0.1) is 0 Å². The first-order valence-electron chi connectivity index (χ1n) is 19.8. The Hall–Kier alpha value is -6.59. The van der Waals surface area contributed by atoms with E-state index in [1.165, 1.54) is 33.0 Å². The maximum Gasteiger partial charge on any atom is 0.164 e. The average Bonchev–Trinajstić information content (AvgIpc) is 3.82. The summed E-state index contributed by atoms with van der Waals surface area (Å²) in [5.74, 6) is 1.75. The number of aromatic nitrogens is 3. The first kappa shape index (κ1) is 33.7. The van der Waals surface area contributed by atoms with Gasteiger partial charge in [0, 0.05) is 38.2 Å². The first-order valence-corrected chi connectivity index (χ1v) is 19.8. The molecule has 5 heteroatoms. The maximum atomic E-state index is 6.30. The lowest BCUT2D eigenvalue weighted by Crippen LogP contribution is -2.42. The van der Waals surface area contributed by atoms with Gasteiger partial charge >= 0.3 is 0 Å². The van der Waals surface area contributed by atoms with Crippen molar-refractivity contribution < 1.29 is 8.83 Å². The summed E-state index contributed by atoms with van der Waals surface area (Å²) >= 11 is 0. The van der Waals surface area contributed by atoms with E-state index >= 15 is 0 Å². The molecule has 1 aliphatic rings. The molecule has 0 atom stereocenters. The van der Waals surface area contributed by atoms with Crippen LogP contribution in [0.5, 0.6) is 0 Å². The summed E-state index contributed by atoms with van der Waals surface area (Å²) in [6, 6.07) is 48.8. The lowest BCUT2D eigenvalue weighted by molar-refractivity contribution is 0.125. The number of furan rings is 2. The number of para-hydroxylation sites is 2. The van der Waals surface area contributed by atoms with Crippen LogP contribution in [0.4, 0.5) is 0 Å². The molecule has 0 amide bonds. The Morgan fingerprint density at radius 3 is 1.39 bits per heavy atom. The molecule has 0 radical (unpaired) electrons. The zero-order valence-electron chi connectivity index (χ0n) is 32.9. The minimum absolute atomic E-state index is 0.0149. The van der Waals surface area contributed by atoms with Gasteiger partial charge in [-0.2, -0.15) is 0 Å². The Bertz CT molecular complexity index is 3140. The minimum Gasteiger partial charge on any atom is -0.456 e. The van der Waals surface area contributed by atoms with E-state index in [1.54, 1.807) is 0 Å². The van der Waals surface area contributed by atoms with Crippen molar-refractivity contribution in [3.8, 4) is 45.3 Å². The van der Waals surface area contributed by atoms with Crippen molar-refractivity contribution in [3.05, 3.63) is 151 Å². The molecule has 11 rings (SSSR count). The summed E-state index contributed by atoms with van der Waals surface area (Å²) in [7, 11) is 0. The van der Waals surface area contributed by atoms with Crippen LogP contribution in [0.15, 0.2) is 148 Å². The first-order chi connectivity index (χ1) is 27.5. The van der Waals surface area contributed by atoms with Gasteiger partial charge in [-0.15, -0.1) is 0 Å². The second-order valence-electron chi connectivity index (χ2n) is 17.3. The van der Waals surface area contributed by atoms with Crippen molar-refractivity contribution in [1.82, 2.24) is 15.0 Å². The Morgan fingerprint density at radius 2 is 0.825 bits per heavy atom. The molecule has 0 N–H and O–H groups in total. The summed E-state index contributed by atoms with van der Waals surface area (Å²) in [5.41, 5.74) is 11.2. The number of hydrogen-bond donors (Lipinski definition) is 0. The summed E-state index contributed by atoms with van der Waals surface area (Å²) in [5, 5.41) is 6.84. The van der Waals surface area contributed by atoms with Crippen LogP contribution in [0.1, 0.15) is 52.7 Å². The van der Waals surface area contributed by atoms with Crippen LogP contribution in [0, 0.1) is 5.41 Å². The second-order valence-corrected chi connectivity index (χ2v) is 17.3. The smallest absolute Gasteiger partial charge is 0.164 e. The third-order valence-corrected chi connectivity index (χ3v) is 13.8. The van der Waals surface area contributed by atoms with E-state index in [9.17, 15) is 0 Å². The van der Waals surface area contributed by atoms with E-state index in [1.807, 2.05) is 48.5 Å². The van der Waals surface area contributed by atoms with Gasteiger partial charge in [0.15, 0.2) is 17.5 Å². The van der Waals surface area contributed by atoms with Crippen molar-refractivity contribution in [2.24, 2.45) is 5.41 Å². The lowest BCUT2D eigenvalue weighted by atomic mass is 9.59.